The number of hydrogen-bond donors (Lipinski definition) is 2. The number of aromatic nitrogens is 3. The molecule has 0 saturated carbocycles. The lowest BCUT2D eigenvalue weighted by Gasteiger charge is -2.02. The van der Waals surface area contributed by atoms with Crippen molar-refractivity contribution in [2.75, 3.05) is 5.73 Å². The summed E-state index contributed by atoms with van der Waals surface area (Å²) < 4.78 is 2.09. The molecule has 0 aliphatic heterocycles. The van der Waals surface area contributed by atoms with Gasteiger partial charge in [0.25, 0.3) is 0 Å². The molecule has 0 amide bonds. The Labute approximate surface area is 92.7 Å². The molecule has 2 heterocycles. The van der Waals surface area contributed by atoms with Crippen LogP contribution in [-0.2, 0) is 7.05 Å². The minimum Gasteiger partial charge on any atom is -0.396 e. The van der Waals surface area contributed by atoms with Crippen molar-refractivity contribution in [1.82, 2.24) is 14.8 Å². The van der Waals surface area contributed by atoms with Gasteiger partial charge in [-0.05, 0) is 17.5 Å². The molecule has 16 heavy (non-hydrogen) atoms. The monoisotopic (exact) mass is 212 g/mol. The van der Waals surface area contributed by atoms with Gasteiger partial charge in [0, 0.05) is 24.3 Å². The number of nitrogens with one attached hydrogen (secondary N) is 1. The minimum atomic E-state index is 0.675. The second-order valence-corrected chi connectivity index (χ2v) is 3.90. The van der Waals surface area contributed by atoms with Crippen molar-refractivity contribution < 1.29 is 0 Å². The summed E-state index contributed by atoms with van der Waals surface area (Å²) in [7, 11) is 2.03. The Morgan fingerprint density at radius 2 is 2.19 bits per heavy atom. The van der Waals surface area contributed by atoms with Gasteiger partial charge in [-0.3, -0.25) is 5.10 Å². The van der Waals surface area contributed by atoms with Crippen LogP contribution in [0.4, 0.5) is 5.69 Å². The fraction of sp³-hybridized carbons (Fsp3) is 0.0833. The van der Waals surface area contributed by atoms with E-state index in [2.05, 4.69) is 33.0 Å². The predicted octanol–water partition coefficient (Wildman–Crippen LogP) is 2.15. The maximum Gasteiger partial charge on any atom is 0.0880 e. The molecule has 1 aromatic carbocycles. The molecule has 0 spiro atoms. The summed E-state index contributed by atoms with van der Waals surface area (Å²) in [5, 5.41) is 8.07. The van der Waals surface area contributed by atoms with Crippen LogP contribution in [0.25, 0.3) is 22.2 Å². The Kier molecular flexibility index (Phi) is 1.77. The van der Waals surface area contributed by atoms with E-state index in [-0.39, 0.29) is 0 Å². The largest absolute Gasteiger partial charge is 0.396 e. The van der Waals surface area contributed by atoms with Gasteiger partial charge in [-0.15, -0.1) is 0 Å². The highest BCUT2D eigenvalue weighted by atomic mass is 15.1. The quantitative estimate of drug-likeness (QED) is 0.649. The zero-order valence-electron chi connectivity index (χ0n) is 8.94. The third-order valence-electron chi connectivity index (χ3n) is 2.85. The molecule has 4 heteroatoms. The molecule has 0 bridgehead atoms. The van der Waals surface area contributed by atoms with Gasteiger partial charge >= 0.3 is 0 Å². The smallest absolute Gasteiger partial charge is 0.0880 e. The Morgan fingerprint density at radius 1 is 1.31 bits per heavy atom. The van der Waals surface area contributed by atoms with Gasteiger partial charge in [-0.1, -0.05) is 12.1 Å². The molecule has 4 nitrogen and oxygen atoms in total. The van der Waals surface area contributed by atoms with Crippen molar-refractivity contribution in [2.45, 2.75) is 0 Å². The average Bonchev–Trinajstić information content (AvgIpc) is 2.86. The Balaban J connectivity index is 2.25. The van der Waals surface area contributed by atoms with Gasteiger partial charge in [-0.25, -0.2) is 0 Å². The zero-order valence-corrected chi connectivity index (χ0v) is 8.94. The number of nitrogens with two attached hydrogens (primary N) is 1. The van der Waals surface area contributed by atoms with Crippen LogP contribution in [-0.4, -0.2) is 14.8 Å². The minimum absolute atomic E-state index is 0.675. The van der Waals surface area contributed by atoms with Crippen molar-refractivity contribution in [3.63, 3.8) is 0 Å². The van der Waals surface area contributed by atoms with Crippen LogP contribution in [0.1, 0.15) is 0 Å². The highest BCUT2D eigenvalue weighted by molar-refractivity contribution is 5.86. The fourth-order valence-corrected chi connectivity index (χ4v) is 1.94. The average molecular weight is 212 g/mol. The van der Waals surface area contributed by atoms with Crippen LogP contribution in [0.2, 0.25) is 0 Å². The maximum absolute atomic E-state index is 5.83. The predicted molar refractivity (Wildman–Crippen MR) is 64.9 cm³/mol. The van der Waals surface area contributed by atoms with Gasteiger partial charge in [0.1, 0.15) is 0 Å². The van der Waals surface area contributed by atoms with Crippen LogP contribution in [0, 0.1) is 0 Å². The molecule has 2 aromatic heterocycles. The van der Waals surface area contributed by atoms with Crippen LogP contribution < -0.4 is 5.73 Å². The first-order valence-corrected chi connectivity index (χ1v) is 5.10. The molecule has 3 rings (SSSR count). The SMILES string of the molecule is Cn1ccc2ccc(-c3[nH]ncc3N)cc21. The number of rotatable bonds is 1. The standard InChI is InChI=1S/C12H12N4/c1-16-5-4-8-2-3-9(6-11(8)16)12-10(13)7-14-15-12/h2-7H,13H2,1H3,(H,14,15). The number of benzene rings is 1. The summed E-state index contributed by atoms with van der Waals surface area (Å²) in [6.07, 6.45) is 3.68. The fourth-order valence-electron chi connectivity index (χ4n) is 1.94. The van der Waals surface area contributed by atoms with E-state index in [4.69, 9.17) is 5.73 Å². The molecule has 80 valence electrons. The third-order valence-corrected chi connectivity index (χ3v) is 2.85. The first-order chi connectivity index (χ1) is 7.75. The van der Waals surface area contributed by atoms with Crippen LogP contribution in [0.15, 0.2) is 36.7 Å². The lowest BCUT2D eigenvalue weighted by molar-refractivity contribution is 0.969. The van der Waals surface area contributed by atoms with Crippen LogP contribution in [0.5, 0.6) is 0 Å². The summed E-state index contributed by atoms with van der Waals surface area (Å²) in [4.78, 5) is 0. The molecule has 0 aliphatic rings. The van der Waals surface area contributed by atoms with E-state index in [1.54, 1.807) is 6.20 Å². The molecule has 0 atom stereocenters. The first kappa shape index (κ1) is 9.03. The summed E-state index contributed by atoms with van der Waals surface area (Å²) in [6, 6.07) is 8.34. The van der Waals surface area contributed by atoms with E-state index in [0.717, 1.165) is 11.3 Å². The Hall–Kier alpha value is -2.23. The van der Waals surface area contributed by atoms with E-state index < -0.39 is 0 Å². The summed E-state index contributed by atoms with van der Waals surface area (Å²) >= 11 is 0. The molecule has 0 fully saturated rings. The van der Waals surface area contributed by atoms with Gasteiger partial charge in [0.05, 0.1) is 17.6 Å². The molecule has 0 aliphatic carbocycles. The highest BCUT2D eigenvalue weighted by Gasteiger charge is 2.06. The summed E-state index contributed by atoms with van der Waals surface area (Å²) in [5.74, 6) is 0. The van der Waals surface area contributed by atoms with Crippen molar-refractivity contribution >= 4 is 16.6 Å². The number of fused-ring (bicyclic) bond motifs is 1. The van der Waals surface area contributed by atoms with E-state index in [1.807, 2.05) is 19.3 Å². The lowest BCUT2D eigenvalue weighted by atomic mass is 10.1. The number of anilines is 1. The summed E-state index contributed by atoms with van der Waals surface area (Å²) in [6.45, 7) is 0. The second kappa shape index (κ2) is 3.13. The molecule has 0 saturated heterocycles. The van der Waals surface area contributed by atoms with Crippen molar-refractivity contribution in [3.05, 3.63) is 36.7 Å². The van der Waals surface area contributed by atoms with Gasteiger partial charge in [0.2, 0.25) is 0 Å². The van der Waals surface area contributed by atoms with Gasteiger partial charge in [0.15, 0.2) is 0 Å². The van der Waals surface area contributed by atoms with E-state index in [1.165, 1.54) is 10.9 Å². The lowest BCUT2D eigenvalue weighted by Crippen LogP contribution is -1.88. The number of aromatic amines is 1. The maximum atomic E-state index is 5.83. The topological polar surface area (TPSA) is 59.6 Å². The normalized spacial score (nSPS) is 11.1. The van der Waals surface area contributed by atoms with Crippen LogP contribution >= 0.6 is 0 Å². The highest BCUT2D eigenvalue weighted by Crippen LogP contribution is 2.26. The molecule has 0 radical (unpaired) electrons. The van der Waals surface area contributed by atoms with Crippen molar-refractivity contribution in [2.24, 2.45) is 7.05 Å². The molecule has 3 aromatic rings. The second-order valence-electron chi connectivity index (χ2n) is 3.90. The van der Waals surface area contributed by atoms with Crippen molar-refractivity contribution in [1.29, 1.82) is 0 Å². The molecule has 0 unspecified atom stereocenters. The number of hydrogen-bond acceptors (Lipinski definition) is 2. The number of nitrogens with zero attached hydrogens (tertiary/aromatic N) is 2. The van der Waals surface area contributed by atoms with E-state index >= 15 is 0 Å². The Morgan fingerprint density at radius 3 is 2.94 bits per heavy atom. The molecular formula is C12H12N4. The number of nitrogen functional groups attached to an aromatic ring is 1. The third kappa shape index (κ3) is 1.20. The van der Waals surface area contributed by atoms with Crippen molar-refractivity contribution in [3.8, 4) is 11.3 Å². The summed E-state index contributed by atoms with van der Waals surface area (Å²) in [5.41, 5.74) is 9.63. The zero-order chi connectivity index (χ0) is 11.1. The first-order valence-electron chi connectivity index (χ1n) is 5.10. The molecule has 3 N–H and O–H groups in total. The van der Waals surface area contributed by atoms with Gasteiger partial charge in [-0.2, -0.15) is 5.10 Å². The van der Waals surface area contributed by atoms with E-state index in [9.17, 15) is 0 Å². The number of aryl methyl sites for hydroxylation is 1. The van der Waals surface area contributed by atoms with E-state index in [0.29, 0.717) is 5.69 Å². The number of H-pyrrole nitrogens is 1. The molecular weight excluding hydrogens is 200 g/mol. The Bertz CT molecular complexity index is 648. The van der Waals surface area contributed by atoms with Crippen LogP contribution in [0.3, 0.4) is 0 Å². The van der Waals surface area contributed by atoms with Gasteiger partial charge < -0.3 is 10.3 Å².